The molecule has 0 saturated heterocycles. The Morgan fingerprint density at radius 2 is 1.38 bits per heavy atom. The number of ether oxygens (including phenoxy) is 2. The van der Waals surface area contributed by atoms with Crippen LogP contribution in [0.1, 0.15) is 61.8 Å². The minimum Gasteiger partial charge on any atom is -0.493 e. The molecule has 0 saturated carbocycles. The average molecular weight is 458 g/mol. The second-order valence-corrected chi connectivity index (χ2v) is 9.67. The summed E-state index contributed by atoms with van der Waals surface area (Å²) in [5.74, 6) is 1.66. The Balaban J connectivity index is 1.54. The van der Waals surface area contributed by atoms with Gasteiger partial charge in [0, 0.05) is 18.0 Å². The highest BCUT2D eigenvalue weighted by Gasteiger charge is 2.33. The Hall–Kier alpha value is -2.78. The average Bonchev–Trinajstić information content (AvgIpc) is 2.88. The Bertz CT molecular complexity index is 1010. The van der Waals surface area contributed by atoms with E-state index >= 15 is 0 Å². The lowest BCUT2D eigenvalue weighted by molar-refractivity contribution is 0.175. The number of hydrogen-bond donors (Lipinski definition) is 0. The molecule has 1 aliphatic rings. The van der Waals surface area contributed by atoms with E-state index < -0.39 is 0 Å². The van der Waals surface area contributed by atoms with Crippen LogP contribution in [0, 0.1) is 0 Å². The summed E-state index contributed by atoms with van der Waals surface area (Å²) in [6.45, 7) is 6.73. The minimum absolute atomic E-state index is 0.0603. The van der Waals surface area contributed by atoms with Crippen LogP contribution in [0.3, 0.4) is 0 Å². The summed E-state index contributed by atoms with van der Waals surface area (Å²) >= 11 is 0. The smallest absolute Gasteiger partial charge is 0.161 e. The van der Waals surface area contributed by atoms with Gasteiger partial charge in [0.05, 0.1) is 14.2 Å². The summed E-state index contributed by atoms with van der Waals surface area (Å²) in [7, 11) is 3.43. The van der Waals surface area contributed by atoms with Gasteiger partial charge in [0.15, 0.2) is 11.5 Å². The van der Waals surface area contributed by atoms with Crippen molar-refractivity contribution in [1.82, 2.24) is 4.90 Å². The van der Waals surface area contributed by atoms with E-state index in [1.165, 1.54) is 28.7 Å². The summed E-state index contributed by atoms with van der Waals surface area (Å²) in [6.07, 6.45) is 5.69. The van der Waals surface area contributed by atoms with Crippen molar-refractivity contribution in [3.63, 3.8) is 0 Å². The fraction of sp³-hybridized carbons (Fsp3) is 0.419. The Morgan fingerprint density at radius 3 is 1.91 bits per heavy atom. The van der Waals surface area contributed by atoms with Crippen LogP contribution in [0.2, 0.25) is 0 Å². The van der Waals surface area contributed by atoms with Crippen LogP contribution >= 0.6 is 0 Å². The molecule has 0 amide bonds. The maximum atomic E-state index is 5.57. The summed E-state index contributed by atoms with van der Waals surface area (Å²) < 4.78 is 11.1. The fourth-order valence-corrected chi connectivity index (χ4v) is 5.82. The van der Waals surface area contributed by atoms with Gasteiger partial charge in [0.25, 0.3) is 0 Å². The molecule has 1 unspecified atom stereocenters. The zero-order valence-corrected chi connectivity index (χ0v) is 21.2. The summed E-state index contributed by atoms with van der Waals surface area (Å²) in [4.78, 5) is 2.64. The monoisotopic (exact) mass is 457 g/mol. The number of nitrogens with zero attached hydrogens (tertiary/aromatic N) is 1. The molecule has 0 bridgehead atoms. The van der Waals surface area contributed by atoms with Gasteiger partial charge >= 0.3 is 0 Å². The highest BCUT2D eigenvalue weighted by molar-refractivity contribution is 5.48. The van der Waals surface area contributed by atoms with Gasteiger partial charge in [-0.2, -0.15) is 0 Å². The number of hydrogen-bond acceptors (Lipinski definition) is 3. The van der Waals surface area contributed by atoms with Crippen molar-refractivity contribution < 1.29 is 9.47 Å². The van der Waals surface area contributed by atoms with Crippen molar-refractivity contribution in [3.8, 4) is 11.5 Å². The van der Waals surface area contributed by atoms with Crippen molar-refractivity contribution in [1.29, 1.82) is 0 Å². The maximum absolute atomic E-state index is 5.57. The van der Waals surface area contributed by atoms with Gasteiger partial charge in [0.1, 0.15) is 0 Å². The van der Waals surface area contributed by atoms with Gasteiger partial charge < -0.3 is 9.47 Å². The highest BCUT2D eigenvalue weighted by Crippen LogP contribution is 2.41. The lowest BCUT2D eigenvalue weighted by Crippen LogP contribution is -2.39. The summed E-state index contributed by atoms with van der Waals surface area (Å²) in [6, 6.07) is 27.1. The predicted molar refractivity (Wildman–Crippen MR) is 141 cm³/mol. The molecule has 180 valence electrons. The molecule has 1 aliphatic heterocycles. The van der Waals surface area contributed by atoms with Crippen molar-refractivity contribution >= 4 is 0 Å². The van der Waals surface area contributed by atoms with Crippen LogP contribution < -0.4 is 9.47 Å². The van der Waals surface area contributed by atoms with E-state index in [9.17, 15) is 0 Å². The van der Waals surface area contributed by atoms with Crippen molar-refractivity contribution in [2.45, 2.75) is 64.0 Å². The van der Waals surface area contributed by atoms with Crippen molar-refractivity contribution in [2.24, 2.45) is 0 Å². The maximum Gasteiger partial charge on any atom is 0.161 e. The van der Waals surface area contributed by atoms with Crippen LogP contribution in [0.5, 0.6) is 11.5 Å². The predicted octanol–water partition coefficient (Wildman–Crippen LogP) is 7.02. The molecule has 3 aromatic rings. The first-order chi connectivity index (χ1) is 16.6. The van der Waals surface area contributed by atoms with Gasteiger partial charge in [-0.25, -0.2) is 0 Å². The zero-order chi connectivity index (χ0) is 24.0. The van der Waals surface area contributed by atoms with E-state index in [2.05, 4.69) is 91.5 Å². The molecule has 0 radical (unpaired) electrons. The van der Waals surface area contributed by atoms with Gasteiger partial charge in [-0.1, -0.05) is 74.0 Å². The molecule has 1 heterocycles. The molecule has 3 heteroatoms. The molecule has 0 aliphatic carbocycles. The lowest BCUT2D eigenvalue weighted by atomic mass is 9.68. The molecule has 34 heavy (non-hydrogen) atoms. The lowest BCUT2D eigenvalue weighted by Gasteiger charge is -2.38. The Kier molecular flexibility index (Phi) is 7.95. The second kappa shape index (κ2) is 11.1. The van der Waals surface area contributed by atoms with E-state index in [1.54, 1.807) is 14.2 Å². The largest absolute Gasteiger partial charge is 0.493 e. The molecule has 3 nitrogen and oxygen atoms in total. The summed E-state index contributed by atoms with van der Waals surface area (Å²) in [5, 5.41) is 0. The van der Waals surface area contributed by atoms with Gasteiger partial charge in [-0.05, 0) is 73.5 Å². The molecular weight excluding hydrogens is 418 g/mol. The third-order valence-electron chi connectivity index (χ3n) is 7.60. The first kappa shape index (κ1) is 24.3. The van der Waals surface area contributed by atoms with Crippen molar-refractivity contribution in [2.75, 3.05) is 20.8 Å². The van der Waals surface area contributed by atoms with Gasteiger partial charge in [-0.15, -0.1) is 0 Å². The van der Waals surface area contributed by atoms with Crippen LogP contribution in [-0.4, -0.2) is 31.7 Å². The van der Waals surface area contributed by atoms with Crippen LogP contribution in [0.25, 0.3) is 0 Å². The normalized spacial score (nSPS) is 16.2. The number of rotatable bonds is 10. The van der Waals surface area contributed by atoms with E-state index in [1.807, 2.05) is 0 Å². The van der Waals surface area contributed by atoms with Crippen LogP contribution in [0.4, 0.5) is 0 Å². The zero-order valence-electron chi connectivity index (χ0n) is 21.2. The summed E-state index contributed by atoms with van der Waals surface area (Å²) in [5.41, 5.74) is 5.69. The first-order valence-corrected chi connectivity index (χ1v) is 12.7. The number of methoxy groups -OCH3 is 2. The van der Waals surface area contributed by atoms with Gasteiger partial charge in [0.2, 0.25) is 0 Å². The third kappa shape index (κ3) is 5.00. The van der Waals surface area contributed by atoms with E-state index in [0.29, 0.717) is 6.04 Å². The fourth-order valence-electron chi connectivity index (χ4n) is 5.82. The SMILES string of the molecule is CCCC(CCCN1Cc2cc(OC)c(OC)cc2CC1C)(c1ccccc1)c1ccccc1. The van der Waals surface area contributed by atoms with Crippen molar-refractivity contribution in [3.05, 3.63) is 95.1 Å². The third-order valence-corrected chi connectivity index (χ3v) is 7.60. The molecular formula is C31H39NO2. The minimum atomic E-state index is 0.0603. The molecule has 0 N–H and O–H groups in total. The molecule has 0 aromatic heterocycles. The Morgan fingerprint density at radius 1 is 0.824 bits per heavy atom. The van der Waals surface area contributed by atoms with Crippen LogP contribution in [0.15, 0.2) is 72.8 Å². The standard InChI is InChI=1S/C31H39NO2/c1-5-17-31(27-13-8-6-9-14-27,28-15-10-7-11-16-28)18-12-19-32-23-26-22-30(34-4)29(33-3)21-25(26)20-24(32)2/h6-11,13-16,21-22,24H,5,12,17-20,23H2,1-4H3. The highest BCUT2D eigenvalue weighted by atomic mass is 16.5. The van der Waals surface area contributed by atoms with E-state index in [4.69, 9.17) is 9.47 Å². The number of fused-ring (bicyclic) bond motifs is 1. The molecule has 0 spiro atoms. The van der Waals surface area contributed by atoms with Gasteiger partial charge in [-0.3, -0.25) is 4.90 Å². The first-order valence-electron chi connectivity index (χ1n) is 12.7. The molecule has 0 fully saturated rings. The van der Waals surface area contributed by atoms with E-state index in [0.717, 1.165) is 50.3 Å². The molecule has 4 rings (SSSR count). The topological polar surface area (TPSA) is 21.7 Å². The molecule has 1 atom stereocenters. The second-order valence-electron chi connectivity index (χ2n) is 9.67. The quantitative estimate of drug-likeness (QED) is 0.327. The Labute approximate surface area is 205 Å². The number of benzene rings is 3. The van der Waals surface area contributed by atoms with Crippen LogP contribution in [-0.2, 0) is 18.4 Å². The van der Waals surface area contributed by atoms with E-state index in [-0.39, 0.29) is 5.41 Å². The molecule has 3 aromatic carbocycles.